The highest BCUT2D eigenvalue weighted by molar-refractivity contribution is 5.85. The molecule has 0 aliphatic heterocycles. The first-order chi connectivity index (χ1) is 11.7. The number of H-pyrrole nitrogens is 1. The number of para-hydroxylation sites is 1. The number of carbonyl (C=O) groups is 1. The molecule has 0 radical (unpaired) electrons. The molecule has 0 fully saturated rings. The van der Waals surface area contributed by atoms with Crippen molar-refractivity contribution in [2.45, 2.75) is 31.7 Å². The van der Waals surface area contributed by atoms with E-state index in [1.165, 1.54) is 28.8 Å². The molecular formula is C20H19FN2O. The molecule has 1 atom stereocenters. The summed E-state index contributed by atoms with van der Waals surface area (Å²) in [6, 6.07) is 14.6. The lowest BCUT2D eigenvalue weighted by Crippen LogP contribution is -2.39. The van der Waals surface area contributed by atoms with Crippen LogP contribution in [0.3, 0.4) is 0 Å². The molecule has 1 unspecified atom stereocenters. The van der Waals surface area contributed by atoms with Gasteiger partial charge in [-0.2, -0.15) is 0 Å². The second kappa shape index (κ2) is 6.11. The van der Waals surface area contributed by atoms with Crippen LogP contribution < -0.4 is 5.32 Å². The number of carbonyl (C=O) groups excluding carboxylic acids is 1. The fraction of sp³-hybridized carbons (Fsp3) is 0.250. The Balaban J connectivity index is 1.46. The van der Waals surface area contributed by atoms with Crippen molar-refractivity contribution in [2.75, 3.05) is 0 Å². The minimum absolute atomic E-state index is 0.0473. The fourth-order valence-corrected chi connectivity index (χ4v) is 3.60. The molecule has 0 bridgehead atoms. The zero-order valence-electron chi connectivity index (χ0n) is 13.3. The monoisotopic (exact) mass is 322 g/mol. The molecule has 0 spiro atoms. The smallest absolute Gasteiger partial charge is 0.224 e. The van der Waals surface area contributed by atoms with E-state index >= 15 is 0 Å². The molecule has 1 aliphatic carbocycles. The maximum absolute atomic E-state index is 13.2. The fourth-order valence-electron chi connectivity index (χ4n) is 3.60. The molecule has 3 aromatic rings. The second-order valence-electron chi connectivity index (χ2n) is 6.44. The van der Waals surface area contributed by atoms with Gasteiger partial charge in [0.1, 0.15) is 5.82 Å². The average Bonchev–Trinajstić information content (AvgIpc) is 2.93. The van der Waals surface area contributed by atoms with Gasteiger partial charge in [0.05, 0.1) is 6.42 Å². The number of aromatic nitrogens is 1. The first-order valence-electron chi connectivity index (χ1n) is 8.31. The summed E-state index contributed by atoms with van der Waals surface area (Å²) in [5, 5.41) is 4.35. The number of rotatable bonds is 3. The van der Waals surface area contributed by atoms with Crippen molar-refractivity contribution in [3.63, 3.8) is 0 Å². The van der Waals surface area contributed by atoms with E-state index < -0.39 is 0 Å². The van der Waals surface area contributed by atoms with Gasteiger partial charge < -0.3 is 10.3 Å². The number of hydrogen-bond acceptors (Lipinski definition) is 1. The Morgan fingerprint density at radius 2 is 2.08 bits per heavy atom. The van der Waals surface area contributed by atoms with Gasteiger partial charge >= 0.3 is 0 Å². The molecule has 2 N–H and O–H groups in total. The van der Waals surface area contributed by atoms with Gasteiger partial charge in [0.25, 0.3) is 0 Å². The van der Waals surface area contributed by atoms with Gasteiger partial charge in [-0.15, -0.1) is 0 Å². The lowest BCUT2D eigenvalue weighted by Gasteiger charge is -2.23. The Hall–Kier alpha value is -2.62. The number of nitrogens with one attached hydrogen (secondary N) is 2. The van der Waals surface area contributed by atoms with E-state index in [4.69, 9.17) is 0 Å². The van der Waals surface area contributed by atoms with Crippen molar-refractivity contribution in [2.24, 2.45) is 0 Å². The first-order valence-corrected chi connectivity index (χ1v) is 8.31. The van der Waals surface area contributed by atoms with Crippen molar-refractivity contribution in [1.29, 1.82) is 0 Å². The molecule has 1 aromatic heterocycles. The van der Waals surface area contributed by atoms with Gasteiger partial charge in [0, 0.05) is 22.6 Å². The predicted molar refractivity (Wildman–Crippen MR) is 92.4 cm³/mol. The van der Waals surface area contributed by atoms with Gasteiger partial charge in [-0.3, -0.25) is 4.79 Å². The minimum Gasteiger partial charge on any atom is -0.358 e. The highest BCUT2D eigenvalue weighted by Crippen LogP contribution is 2.29. The molecular weight excluding hydrogens is 303 g/mol. The van der Waals surface area contributed by atoms with E-state index in [9.17, 15) is 9.18 Å². The van der Waals surface area contributed by atoms with Crippen LogP contribution in [0.25, 0.3) is 10.9 Å². The van der Waals surface area contributed by atoms with Crippen LogP contribution in [0.4, 0.5) is 4.39 Å². The normalized spacial score (nSPS) is 16.8. The largest absolute Gasteiger partial charge is 0.358 e. The lowest BCUT2D eigenvalue weighted by atomic mass is 9.91. The lowest BCUT2D eigenvalue weighted by molar-refractivity contribution is -0.121. The predicted octanol–water partition coefficient (Wildman–Crippen LogP) is 3.52. The van der Waals surface area contributed by atoms with Crippen molar-refractivity contribution < 1.29 is 9.18 Å². The Morgan fingerprint density at radius 1 is 1.21 bits per heavy atom. The standard InChI is InChI=1S/C20H19FN2O/c21-14-5-3-4-13(10-14)11-20(24)22-15-8-9-19-17(12-15)16-6-1-2-7-18(16)23-19/h1-7,10,15,23H,8-9,11-12H2,(H,22,24). The van der Waals surface area contributed by atoms with Crippen LogP contribution in [0.15, 0.2) is 48.5 Å². The molecule has 1 heterocycles. The SMILES string of the molecule is O=C(Cc1cccc(F)c1)NC1CCc2[nH]c3ccccc3c2C1. The van der Waals surface area contributed by atoms with Crippen molar-refractivity contribution in [3.05, 3.63) is 71.2 Å². The average molecular weight is 322 g/mol. The van der Waals surface area contributed by atoms with E-state index in [0.29, 0.717) is 5.56 Å². The molecule has 1 aliphatic rings. The maximum Gasteiger partial charge on any atom is 0.224 e. The van der Waals surface area contributed by atoms with Crippen molar-refractivity contribution in [3.8, 4) is 0 Å². The molecule has 2 aromatic carbocycles. The number of aromatic amines is 1. The molecule has 4 heteroatoms. The van der Waals surface area contributed by atoms with Crippen LogP contribution in [0.5, 0.6) is 0 Å². The quantitative estimate of drug-likeness (QED) is 0.761. The summed E-state index contributed by atoms with van der Waals surface area (Å²) in [4.78, 5) is 15.7. The first kappa shape index (κ1) is 14.9. The molecule has 0 saturated carbocycles. The summed E-state index contributed by atoms with van der Waals surface area (Å²) in [5.41, 5.74) is 4.46. The number of fused-ring (bicyclic) bond motifs is 3. The van der Waals surface area contributed by atoms with Gasteiger partial charge in [0.15, 0.2) is 0 Å². The van der Waals surface area contributed by atoms with E-state index in [2.05, 4.69) is 22.4 Å². The minimum atomic E-state index is -0.304. The van der Waals surface area contributed by atoms with Crippen molar-refractivity contribution in [1.82, 2.24) is 10.3 Å². The van der Waals surface area contributed by atoms with Gasteiger partial charge in [0.2, 0.25) is 5.91 Å². The summed E-state index contributed by atoms with van der Waals surface area (Å²) in [7, 11) is 0. The third kappa shape index (κ3) is 2.92. The molecule has 1 amide bonds. The van der Waals surface area contributed by atoms with E-state index in [-0.39, 0.29) is 24.2 Å². The van der Waals surface area contributed by atoms with E-state index in [1.807, 2.05) is 12.1 Å². The third-order valence-corrected chi connectivity index (χ3v) is 4.71. The van der Waals surface area contributed by atoms with Crippen LogP contribution in [0.1, 0.15) is 23.2 Å². The second-order valence-corrected chi connectivity index (χ2v) is 6.44. The van der Waals surface area contributed by atoms with Crippen LogP contribution in [-0.2, 0) is 24.1 Å². The molecule has 24 heavy (non-hydrogen) atoms. The number of aryl methyl sites for hydroxylation is 1. The summed E-state index contributed by atoms with van der Waals surface area (Å²) < 4.78 is 13.2. The van der Waals surface area contributed by atoms with E-state index in [0.717, 1.165) is 24.8 Å². The zero-order chi connectivity index (χ0) is 16.5. The Bertz CT molecular complexity index is 900. The summed E-state index contributed by atoms with van der Waals surface area (Å²) in [6.07, 6.45) is 2.92. The molecule has 3 nitrogen and oxygen atoms in total. The summed E-state index contributed by atoms with van der Waals surface area (Å²) >= 11 is 0. The third-order valence-electron chi connectivity index (χ3n) is 4.71. The van der Waals surface area contributed by atoms with Gasteiger partial charge in [-0.25, -0.2) is 4.39 Å². The Kier molecular flexibility index (Phi) is 3.81. The topological polar surface area (TPSA) is 44.9 Å². The van der Waals surface area contributed by atoms with E-state index in [1.54, 1.807) is 12.1 Å². The number of benzene rings is 2. The summed E-state index contributed by atoms with van der Waals surface area (Å²) in [5.74, 6) is -0.352. The summed E-state index contributed by atoms with van der Waals surface area (Å²) in [6.45, 7) is 0. The number of amides is 1. The maximum atomic E-state index is 13.2. The van der Waals surface area contributed by atoms with Crippen LogP contribution in [0.2, 0.25) is 0 Å². The van der Waals surface area contributed by atoms with Crippen LogP contribution in [-0.4, -0.2) is 16.9 Å². The number of halogens is 1. The molecule has 122 valence electrons. The van der Waals surface area contributed by atoms with Crippen molar-refractivity contribution >= 4 is 16.8 Å². The molecule has 4 rings (SSSR count). The van der Waals surface area contributed by atoms with Crippen LogP contribution >= 0.6 is 0 Å². The van der Waals surface area contributed by atoms with Gasteiger partial charge in [-0.05, 0) is 48.6 Å². The highest BCUT2D eigenvalue weighted by atomic mass is 19.1. The highest BCUT2D eigenvalue weighted by Gasteiger charge is 2.23. The Morgan fingerprint density at radius 3 is 2.96 bits per heavy atom. The zero-order valence-corrected chi connectivity index (χ0v) is 13.3. The Labute approximate surface area is 139 Å². The molecule has 0 saturated heterocycles. The van der Waals surface area contributed by atoms with Gasteiger partial charge in [-0.1, -0.05) is 30.3 Å². The van der Waals surface area contributed by atoms with Crippen LogP contribution in [0, 0.1) is 5.82 Å². The number of hydrogen-bond donors (Lipinski definition) is 2.